The van der Waals surface area contributed by atoms with E-state index < -0.39 is 0 Å². The molecule has 0 fully saturated rings. The van der Waals surface area contributed by atoms with Gasteiger partial charge in [0.15, 0.2) is 0 Å². The molecule has 0 aliphatic heterocycles. The van der Waals surface area contributed by atoms with E-state index in [1.807, 2.05) is 0 Å². The van der Waals surface area contributed by atoms with Crippen LogP contribution < -0.4 is 5.73 Å². The summed E-state index contributed by atoms with van der Waals surface area (Å²) in [5, 5.41) is 0. The van der Waals surface area contributed by atoms with Crippen molar-refractivity contribution >= 4 is 0 Å². The predicted molar refractivity (Wildman–Crippen MR) is 96.2 cm³/mol. The van der Waals surface area contributed by atoms with E-state index in [-0.39, 0.29) is 0 Å². The second-order valence-electron chi connectivity index (χ2n) is 6.61. The highest BCUT2D eigenvalue weighted by Gasteiger charge is 2.14. The van der Waals surface area contributed by atoms with Crippen molar-refractivity contribution in [2.45, 2.75) is 59.4 Å². The van der Waals surface area contributed by atoms with E-state index in [0.29, 0.717) is 18.4 Å². The van der Waals surface area contributed by atoms with Crippen molar-refractivity contribution in [1.29, 1.82) is 0 Å². The Bertz CT molecular complexity index is 638. The van der Waals surface area contributed by atoms with Gasteiger partial charge >= 0.3 is 0 Å². The highest BCUT2D eigenvalue weighted by atomic mass is 14.5. The molecule has 0 saturated heterocycles. The zero-order valence-electron chi connectivity index (χ0n) is 14.5. The zero-order chi connectivity index (χ0) is 16.3. The molecular formula is C21H28N. The molecule has 2 aromatic rings. The van der Waals surface area contributed by atoms with Gasteiger partial charge in [0.05, 0.1) is 0 Å². The van der Waals surface area contributed by atoms with E-state index in [1.165, 1.54) is 33.4 Å². The number of hydrogen-bond acceptors (Lipinski definition) is 1. The van der Waals surface area contributed by atoms with E-state index in [9.17, 15) is 0 Å². The smallest absolute Gasteiger partial charge is 0.0184 e. The van der Waals surface area contributed by atoms with Gasteiger partial charge in [-0.1, -0.05) is 58.9 Å². The van der Waals surface area contributed by atoms with Crippen molar-refractivity contribution < 1.29 is 0 Å². The van der Waals surface area contributed by atoms with E-state index in [1.54, 1.807) is 0 Å². The monoisotopic (exact) mass is 294 g/mol. The molecule has 0 aliphatic carbocycles. The summed E-state index contributed by atoms with van der Waals surface area (Å²) >= 11 is 0. The highest BCUT2D eigenvalue weighted by Crippen LogP contribution is 2.34. The maximum atomic E-state index is 5.98. The standard InChI is InChI=1S/C21H28N/c1-6-16-7-8-18(13-22)20(11-16)21-12-17(14(2)3)9-10-19(21)15(4)5/h8-12,14-15H,6,13,22H2,1-5H3. The molecule has 2 rings (SSSR count). The SMILES string of the molecule is CCc1[c]cc(CN)c(-c2cc(C(C)C)ccc2C(C)C)c1. The lowest BCUT2D eigenvalue weighted by molar-refractivity contribution is 0.846. The number of nitrogens with two attached hydrogens (primary N) is 1. The van der Waals surface area contributed by atoms with Crippen molar-refractivity contribution in [3.8, 4) is 11.1 Å². The van der Waals surface area contributed by atoms with Gasteiger partial charge in [0, 0.05) is 6.54 Å². The Morgan fingerprint density at radius 1 is 1.00 bits per heavy atom. The van der Waals surface area contributed by atoms with Crippen LogP contribution in [0, 0.1) is 6.07 Å². The van der Waals surface area contributed by atoms with Gasteiger partial charge in [-0.3, -0.25) is 0 Å². The Morgan fingerprint density at radius 2 is 1.73 bits per heavy atom. The van der Waals surface area contributed by atoms with Crippen LogP contribution in [0.15, 0.2) is 30.3 Å². The lowest BCUT2D eigenvalue weighted by atomic mass is 9.86. The summed E-state index contributed by atoms with van der Waals surface area (Å²) < 4.78 is 0. The Labute approximate surface area is 135 Å². The summed E-state index contributed by atoms with van der Waals surface area (Å²) in [4.78, 5) is 0. The van der Waals surface area contributed by atoms with Crippen molar-refractivity contribution in [3.63, 3.8) is 0 Å². The minimum absolute atomic E-state index is 0.496. The number of aryl methyl sites for hydroxylation is 1. The molecule has 117 valence electrons. The van der Waals surface area contributed by atoms with Crippen LogP contribution in [-0.2, 0) is 13.0 Å². The average molecular weight is 294 g/mol. The summed E-state index contributed by atoms with van der Waals surface area (Å²) in [6, 6.07) is 14.6. The number of benzene rings is 2. The van der Waals surface area contributed by atoms with Crippen LogP contribution in [0.3, 0.4) is 0 Å². The van der Waals surface area contributed by atoms with Crippen LogP contribution in [0.4, 0.5) is 0 Å². The van der Waals surface area contributed by atoms with Gasteiger partial charge in [0.25, 0.3) is 0 Å². The molecular weight excluding hydrogens is 266 g/mol. The molecule has 0 aromatic heterocycles. The molecule has 1 radical (unpaired) electrons. The third-order valence-corrected chi connectivity index (χ3v) is 4.35. The fraction of sp³-hybridized carbons (Fsp3) is 0.429. The zero-order valence-corrected chi connectivity index (χ0v) is 14.5. The Kier molecular flexibility index (Phi) is 5.42. The maximum absolute atomic E-state index is 5.98. The molecule has 0 unspecified atom stereocenters. The quantitative estimate of drug-likeness (QED) is 0.782. The molecule has 2 N–H and O–H groups in total. The first-order chi connectivity index (χ1) is 10.5. The van der Waals surface area contributed by atoms with Crippen LogP contribution in [0.2, 0.25) is 0 Å². The first-order valence-electron chi connectivity index (χ1n) is 8.35. The third kappa shape index (κ3) is 3.41. The van der Waals surface area contributed by atoms with E-state index in [0.717, 1.165) is 6.42 Å². The van der Waals surface area contributed by atoms with Crippen LogP contribution in [0.5, 0.6) is 0 Å². The molecule has 2 aromatic carbocycles. The van der Waals surface area contributed by atoms with Gasteiger partial charge in [-0.2, -0.15) is 0 Å². The summed E-state index contributed by atoms with van der Waals surface area (Å²) in [6.07, 6.45) is 0.999. The van der Waals surface area contributed by atoms with Gasteiger partial charge in [0.2, 0.25) is 0 Å². The first kappa shape index (κ1) is 16.8. The Morgan fingerprint density at radius 3 is 2.27 bits per heavy atom. The van der Waals surface area contributed by atoms with Gasteiger partial charge < -0.3 is 5.73 Å². The van der Waals surface area contributed by atoms with Crippen molar-refractivity contribution in [2.24, 2.45) is 5.73 Å². The third-order valence-electron chi connectivity index (χ3n) is 4.35. The fourth-order valence-electron chi connectivity index (χ4n) is 2.86. The Hall–Kier alpha value is -1.60. The molecule has 0 bridgehead atoms. The lowest BCUT2D eigenvalue weighted by Crippen LogP contribution is -2.03. The molecule has 1 nitrogen and oxygen atoms in total. The minimum Gasteiger partial charge on any atom is -0.326 e. The summed E-state index contributed by atoms with van der Waals surface area (Å²) in [7, 11) is 0. The van der Waals surface area contributed by atoms with E-state index in [2.05, 4.69) is 71.0 Å². The van der Waals surface area contributed by atoms with Crippen LogP contribution in [0.25, 0.3) is 11.1 Å². The topological polar surface area (TPSA) is 26.0 Å². The molecule has 0 heterocycles. The normalized spacial score (nSPS) is 11.5. The molecule has 0 spiro atoms. The molecule has 22 heavy (non-hydrogen) atoms. The molecule has 0 aliphatic rings. The number of rotatable bonds is 5. The summed E-state index contributed by atoms with van der Waals surface area (Å²) in [6.45, 7) is 11.7. The highest BCUT2D eigenvalue weighted by molar-refractivity contribution is 5.73. The van der Waals surface area contributed by atoms with Crippen LogP contribution >= 0.6 is 0 Å². The van der Waals surface area contributed by atoms with Crippen molar-refractivity contribution in [2.75, 3.05) is 0 Å². The van der Waals surface area contributed by atoms with E-state index >= 15 is 0 Å². The van der Waals surface area contributed by atoms with Crippen molar-refractivity contribution in [3.05, 3.63) is 58.7 Å². The predicted octanol–water partition coefficient (Wildman–Crippen LogP) is 5.42. The van der Waals surface area contributed by atoms with Gasteiger partial charge in [-0.25, -0.2) is 0 Å². The summed E-state index contributed by atoms with van der Waals surface area (Å²) in [5.41, 5.74) is 13.8. The molecule has 1 heteroatoms. The minimum atomic E-state index is 0.496. The van der Waals surface area contributed by atoms with Crippen LogP contribution in [-0.4, -0.2) is 0 Å². The maximum Gasteiger partial charge on any atom is 0.0184 e. The van der Waals surface area contributed by atoms with E-state index in [4.69, 9.17) is 5.73 Å². The summed E-state index contributed by atoms with van der Waals surface area (Å²) in [5.74, 6) is 1.03. The fourth-order valence-corrected chi connectivity index (χ4v) is 2.86. The second kappa shape index (κ2) is 7.11. The second-order valence-corrected chi connectivity index (χ2v) is 6.61. The number of hydrogen-bond donors (Lipinski definition) is 1. The molecule has 0 saturated carbocycles. The molecule has 0 amide bonds. The van der Waals surface area contributed by atoms with Gasteiger partial charge in [0.1, 0.15) is 0 Å². The van der Waals surface area contributed by atoms with Crippen molar-refractivity contribution in [1.82, 2.24) is 0 Å². The van der Waals surface area contributed by atoms with Crippen LogP contribution in [0.1, 0.15) is 68.7 Å². The van der Waals surface area contributed by atoms with Gasteiger partial charge in [-0.15, -0.1) is 0 Å². The average Bonchev–Trinajstić information content (AvgIpc) is 2.53. The first-order valence-corrected chi connectivity index (χ1v) is 8.35. The largest absolute Gasteiger partial charge is 0.326 e. The lowest BCUT2D eigenvalue weighted by Gasteiger charge is -2.19. The van der Waals surface area contributed by atoms with Gasteiger partial charge in [-0.05, 0) is 63.8 Å². The molecule has 0 atom stereocenters. The Balaban J connectivity index is 2.70.